The van der Waals surface area contributed by atoms with E-state index in [1.54, 1.807) is 0 Å². The lowest BCUT2D eigenvalue weighted by Crippen LogP contribution is -2.01. The van der Waals surface area contributed by atoms with E-state index < -0.39 is 11.6 Å². The third-order valence-electron chi connectivity index (χ3n) is 3.52. The van der Waals surface area contributed by atoms with Crippen molar-refractivity contribution in [1.29, 1.82) is 0 Å². The first-order chi connectivity index (χ1) is 9.20. The summed E-state index contributed by atoms with van der Waals surface area (Å²) in [5, 5.41) is 3.05. The molecule has 3 rings (SSSR count). The Balaban J connectivity index is 1.72. The van der Waals surface area contributed by atoms with Crippen LogP contribution in [0.5, 0.6) is 0 Å². The van der Waals surface area contributed by atoms with Crippen molar-refractivity contribution < 1.29 is 8.78 Å². The molecular formula is C16H15F2N. The molecule has 1 N–H and O–H groups in total. The van der Waals surface area contributed by atoms with Crippen molar-refractivity contribution in [2.45, 2.75) is 25.8 Å². The molecule has 0 bridgehead atoms. The largest absolute Gasteiger partial charge is 0.381 e. The highest BCUT2D eigenvalue weighted by atomic mass is 19.1. The lowest BCUT2D eigenvalue weighted by Gasteiger charge is -2.08. The molecule has 98 valence electrons. The number of nitrogens with one attached hydrogen (secondary N) is 1. The van der Waals surface area contributed by atoms with Crippen LogP contribution >= 0.6 is 0 Å². The van der Waals surface area contributed by atoms with E-state index in [2.05, 4.69) is 23.5 Å². The van der Waals surface area contributed by atoms with Crippen molar-refractivity contribution in [3.8, 4) is 0 Å². The molecule has 1 aliphatic rings. The van der Waals surface area contributed by atoms with Gasteiger partial charge in [-0.2, -0.15) is 0 Å². The van der Waals surface area contributed by atoms with Crippen molar-refractivity contribution in [3.05, 3.63) is 64.7 Å². The summed E-state index contributed by atoms with van der Waals surface area (Å²) >= 11 is 0. The molecular weight excluding hydrogens is 244 g/mol. The van der Waals surface area contributed by atoms with Gasteiger partial charge in [-0.05, 0) is 48.1 Å². The molecule has 0 saturated heterocycles. The summed E-state index contributed by atoms with van der Waals surface area (Å²) < 4.78 is 26.1. The number of anilines is 1. The first-order valence-electron chi connectivity index (χ1n) is 6.51. The van der Waals surface area contributed by atoms with Gasteiger partial charge in [-0.1, -0.05) is 18.2 Å². The van der Waals surface area contributed by atoms with Crippen LogP contribution < -0.4 is 5.32 Å². The summed E-state index contributed by atoms with van der Waals surface area (Å²) in [5.41, 5.74) is 4.45. The standard InChI is InChI=1S/C16H15F2N/c17-14-7-15(18)9-16(8-14)19-10-11-4-5-12-2-1-3-13(12)6-11/h4-9,19H,1-3,10H2. The Bertz CT molecular complexity index is 587. The second-order valence-corrected chi connectivity index (χ2v) is 4.97. The zero-order valence-corrected chi connectivity index (χ0v) is 10.5. The smallest absolute Gasteiger partial charge is 0.128 e. The minimum atomic E-state index is -0.559. The number of benzene rings is 2. The van der Waals surface area contributed by atoms with E-state index >= 15 is 0 Å². The monoisotopic (exact) mass is 259 g/mol. The van der Waals surface area contributed by atoms with Crippen LogP contribution in [0.15, 0.2) is 36.4 Å². The predicted molar refractivity (Wildman–Crippen MR) is 72.2 cm³/mol. The minimum absolute atomic E-state index is 0.470. The van der Waals surface area contributed by atoms with Crippen LogP contribution in [-0.2, 0) is 19.4 Å². The highest BCUT2D eigenvalue weighted by molar-refractivity contribution is 5.45. The molecule has 2 aromatic carbocycles. The maximum Gasteiger partial charge on any atom is 0.128 e. The SMILES string of the molecule is Fc1cc(F)cc(NCc2ccc3c(c2)CCC3)c1. The number of halogens is 2. The molecule has 0 aromatic heterocycles. The normalized spacial score (nSPS) is 13.4. The second-order valence-electron chi connectivity index (χ2n) is 4.97. The van der Waals surface area contributed by atoms with Gasteiger partial charge < -0.3 is 5.32 Å². The van der Waals surface area contributed by atoms with Gasteiger partial charge in [0.1, 0.15) is 11.6 Å². The summed E-state index contributed by atoms with van der Waals surface area (Å²) in [6.07, 6.45) is 3.53. The van der Waals surface area contributed by atoms with Gasteiger partial charge in [0.05, 0.1) is 0 Å². The summed E-state index contributed by atoms with van der Waals surface area (Å²) in [5.74, 6) is -1.12. The Kier molecular flexibility index (Phi) is 3.20. The van der Waals surface area contributed by atoms with Gasteiger partial charge in [-0.3, -0.25) is 0 Å². The van der Waals surface area contributed by atoms with Crippen molar-refractivity contribution in [3.63, 3.8) is 0 Å². The molecule has 0 fully saturated rings. The van der Waals surface area contributed by atoms with Crippen LogP contribution in [0.3, 0.4) is 0 Å². The molecule has 0 atom stereocenters. The van der Waals surface area contributed by atoms with E-state index in [-0.39, 0.29) is 0 Å². The molecule has 0 unspecified atom stereocenters. The zero-order valence-electron chi connectivity index (χ0n) is 10.5. The van der Waals surface area contributed by atoms with Gasteiger partial charge in [0.15, 0.2) is 0 Å². The van der Waals surface area contributed by atoms with Gasteiger partial charge in [-0.15, -0.1) is 0 Å². The molecule has 2 aromatic rings. The van der Waals surface area contributed by atoms with Crippen LogP contribution in [0.4, 0.5) is 14.5 Å². The molecule has 19 heavy (non-hydrogen) atoms. The van der Waals surface area contributed by atoms with Crippen LogP contribution in [0.2, 0.25) is 0 Å². The lowest BCUT2D eigenvalue weighted by molar-refractivity contribution is 0.584. The molecule has 0 radical (unpaired) electrons. The average Bonchev–Trinajstić information content (AvgIpc) is 2.82. The summed E-state index contributed by atoms with van der Waals surface area (Å²) in [4.78, 5) is 0. The van der Waals surface area contributed by atoms with Crippen LogP contribution in [0, 0.1) is 11.6 Å². The van der Waals surface area contributed by atoms with Gasteiger partial charge in [0.2, 0.25) is 0 Å². The number of fused-ring (bicyclic) bond motifs is 1. The maximum atomic E-state index is 13.1. The fourth-order valence-corrected chi connectivity index (χ4v) is 2.60. The van der Waals surface area contributed by atoms with Crippen LogP contribution in [0.25, 0.3) is 0 Å². The Morgan fingerprint density at radius 2 is 1.63 bits per heavy atom. The average molecular weight is 259 g/mol. The third kappa shape index (κ3) is 2.75. The third-order valence-corrected chi connectivity index (χ3v) is 3.52. The van der Waals surface area contributed by atoms with Gasteiger partial charge in [0.25, 0.3) is 0 Å². The Hall–Kier alpha value is -1.90. The first-order valence-corrected chi connectivity index (χ1v) is 6.51. The Labute approximate surface area is 111 Å². The number of rotatable bonds is 3. The summed E-state index contributed by atoms with van der Waals surface area (Å²) in [6.45, 7) is 0.580. The number of hydrogen-bond acceptors (Lipinski definition) is 1. The van der Waals surface area contributed by atoms with Crippen molar-refractivity contribution in [2.24, 2.45) is 0 Å². The van der Waals surface area contributed by atoms with E-state index in [4.69, 9.17) is 0 Å². The Morgan fingerprint density at radius 1 is 0.895 bits per heavy atom. The quantitative estimate of drug-likeness (QED) is 0.876. The number of hydrogen-bond donors (Lipinski definition) is 1. The number of aryl methyl sites for hydroxylation is 2. The minimum Gasteiger partial charge on any atom is -0.381 e. The zero-order chi connectivity index (χ0) is 13.2. The first kappa shape index (κ1) is 12.2. The Morgan fingerprint density at radius 3 is 2.42 bits per heavy atom. The molecule has 0 aliphatic heterocycles. The fourth-order valence-electron chi connectivity index (χ4n) is 2.60. The van der Waals surface area contributed by atoms with Crippen molar-refractivity contribution >= 4 is 5.69 Å². The van der Waals surface area contributed by atoms with E-state index in [0.29, 0.717) is 12.2 Å². The fraction of sp³-hybridized carbons (Fsp3) is 0.250. The molecule has 1 aliphatic carbocycles. The highest BCUT2D eigenvalue weighted by Crippen LogP contribution is 2.23. The second kappa shape index (κ2) is 5.00. The van der Waals surface area contributed by atoms with E-state index in [0.717, 1.165) is 24.5 Å². The van der Waals surface area contributed by atoms with E-state index in [1.165, 1.54) is 29.7 Å². The van der Waals surface area contributed by atoms with Crippen LogP contribution in [-0.4, -0.2) is 0 Å². The molecule has 1 nitrogen and oxygen atoms in total. The van der Waals surface area contributed by atoms with Gasteiger partial charge in [-0.25, -0.2) is 8.78 Å². The molecule has 0 amide bonds. The van der Waals surface area contributed by atoms with Crippen molar-refractivity contribution in [1.82, 2.24) is 0 Å². The molecule has 3 heteroatoms. The van der Waals surface area contributed by atoms with E-state index in [9.17, 15) is 8.78 Å². The lowest BCUT2D eigenvalue weighted by atomic mass is 10.1. The predicted octanol–water partition coefficient (Wildman–Crippen LogP) is 4.07. The summed E-state index contributed by atoms with van der Waals surface area (Å²) in [6, 6.07) is 9.90. The van der Waals surface area contributed by atoms with Gasteiger partial charge in [0, 0.05) is 18.3 Å². The topological polar surface area (TPSA) is 12.0 Å². The van der Waals surface area contributed by atoms with Crippen molar-refractivity contribution in [2.75, 3.05) is 5.32 Å². The maximum absolute atomic E-state index is 13.1. The highest BCUT2D eigenvalue weighted by Gasteiger charge is 2.10. The summed E-state index contributed by atoms with van der Waals surface area (Å²) in [7, 11) is 0. The molecule has 0 spiro atoms. The molecule has 0 saturated carbocycles. The van der Waals surface area contributed by atoms with Gasteiger partial charge >= 0.3 is 0 Å². The van der Waals surface area contributed by atoms with Crippen LogP contribution in [0.1, 0.15) is 23.1 Å². The van der Waals surface area contributed by atoms with E-state index in [1.807, 2.05) is 0 Å². The molecule has 0 heterocycles.